The van der Waals surface area contributed by atoms with Crippen LogP contribution in [0, 0.1) is 5.92 Å². The Balaban J connectivity index is 1.41. The second-order valence-corrected chi connectivity index (χ2v) is 9.51. The number of amides is 2. The van der Waals surface area contributed by atoms with Crippen LogP contribution in [0.25, 0.3) is 11.1 Å². The topological polar surface area (TPSA) is 105 Å². The van der Waals surface area contributed by atoms with Crippen molar-refractivity contribution < 1.29 is 24.2 Å². The highest BCUT2D eigenvalue weighted by molar-refractivity contribution is 5.86. The maximum absolute atomic E-state index is 13.0. The lowest BCUT2D eigenvalue weighted by Crippen LogP contribution is -2.50. The summed E-state index contributed by atoms with van der Waals surface area (Å²) in [6.07, 6.45) is 4.50. The lowest BCUT2D eigenvalue weighted by Gasteiger charge is -2.27. The van der Waals surface area contributed by atoms with Crippen molar-refractivity contribution in [3.63, 3.8) is 0 Å². The number of carbonyl (C=O) groups is 3. The molecule has 2 aromatic carbocycles. The zero-order valence-electron chi connectivity index (χ0n) is 20.2. The van der Waals surface area contributed by atoms with E-state index in [0.29, 0.717) is 25.7 Å². The fourth-order valence-electron chi connectivity index (χ4n) is 5.41. The maximum atomic E-state index is 13.0. The molecule has 0 heterocycles. The van der Waals surface area contributed by atoms with Gasteiger partial charge in [-0.2, -0.15) is 0 Å². The van der Waals surface area contributed by atoms with Crippen LogP contribution in [0.5, 0.6) is 0 Å². The predicted molar refractivity (Wildman–Crippen MR) is 133 cm³/mol. The molecule has 0 aromatic heterocycles. The van der Waals surface area contributed by atoms with Crippen molar-refractivity contribution in [3.05, 3.63) is 59.7 Å². The minimum Gasteiger partial charge on any atom is -0.480 e. The number of aliphatic carboxylic acids is 1. The number of carbonyl (C=O) groups excluding carboxylic acids is 2. The molecule has 2 aromatic rings. The number of carboxylic acid groups (broad SMARTS) is 1. The highest BCUT2D eigenvalue weighted by Crippen LogP contribution is 2.44. The van der Waals surface area contributed by atoms with Crippen molar-refractivity contribution in [3.8, 4) is 11.1 Å². The summed E-state index contributed by atoms with van der Waals surface area (Å²) in [5.74, 6) is -1.85. The number of ether oxygens (including phenoxy) is 1. The van der Waals surface area contributed by atoms with Crippen molar-refractivity contribution in [2.45, 2.75) is 69.9 Å². The van der Waals surface area contributed by atoms with Gasteiger partial charge in [0.15, 0.2) is 0 Å². The molecule has 2 aliphatic rings. The fourth-order valence-corrected chi connectivity index (χ4v) is 5.41. The monoisotopic (exact) mass is 478 g/mol. The molecule has 3 N–H and O–H groups in total. The van der Waals surface area contributed by atoms with E-state index in [1.165, 1.54) is 0 Å². The van der Waals surface area contributed by atoms with E-state index in [0.717, 1.165) is 41.5 Å². The van der Waals surface area contributed by atoms with Gasteiger partial charge in [0.2, 0.25) is 5.91 Å². The van der Waals surface area contributed by atoms with Gasteiger partial charge in [0, 0.05) is 12.0 Å². The summed E-state index contributed by atoms with van der Waals surface area (Å²) in [6.45, 7) is 2.09. The molecule has 35 heavy (non-hydrogen) atoms. The average molecular weight is 479 g/mol. The molecule has 0 radical (unpaired) electrons. The third-order valence-corrected chi connectivity index (χ3v) is 7.19. The number of benzene rings is 2. The first kappa shape index (κ1) is 24.8. The molecule has 7 nitrogen and oxygen atoms in total. The zero-order chi connectivity index (χ0) is 24.8. The molecule has 0 spiro atoms. The molecule has 7 heteroatoms. The molecule has 0 bridgehead atoms. The average Bonchev–Trinajstić information content (AvgIpc) is 2.98. The number of nitrogens with one attached hydrogen (secondary N) is 2. The SMILES string of the molecule is CCC[C@H](NC(=O)[C@H]1CCCCC[C@H]1NC(=O)OCC1c2ccccc2-c2ccccc21)C(=O)O. The van der Waals surface area contributed by atoms with Crippen LogP contribution in [0.15, 0.2) is 48.5 Å². The van der Waals surface area contributed by atoms with Crippen LogP contribution in [0.4, 0.5) is 4.79 Å². The van der Waals surface area contributed by atoms with Gasteiger partial charge in [-0.05, 0) is 41.5 Å². The molecular formula is C28H34N2O5. The van der Waals surface area contributed by atoms with E-state index in [1.807, 2.05) is 31.2 Å². The van der Waals surface area contributed by atoms with E-state index in [4.69, 9.17) is 4.74 Å². The number of rotatable bonds is 8. The predicted octanol–water partition coefficient (Wildman–Crippen LogP) is 4.84. The third kappa shape index (κ3) is 5.66. The molecular weight excluding hydrogens is 444 g/mol. The Bertz CT molecular complexity index is 1020. The van der Waals surface area contributed by atoms with Crippen LogP contribution < -0.4 is 10.6 Å². The summed E-state index contributed by atoms with van der Waals surface area (Å²) in [7, 11) is 0. The summed E-state index contributed by atoms with van der Waals surface area (Å²) in [6, 6.07) is 15.0. The van der Waals surface area contributed by atoms with Crippen LogP contribution >= 0.6 is 0 Å². The lowest BCUT2D eigenvalue weighted by atomic mass is 9.93. The van der Waals surface area contributed by atoms with E-state index in [2.05, 4.69) is 34.9 Å². The molecule has 0 aliphatic heterocycles. The molecule has 0 saturated heterocycles. The van der Waals surface area contributed by atoms with Gasteiger partial charge in [-0.25, -0.2) is 9.59 Å². The Labute approximate surface area is 206 Å². The van der Waals surface area contributed by atoms with Gasteiger partial charge in [-0.3, -0.25) is 4.79 Å². The second kappa shape index (κ2) is 11.4. The van der Waals surface area contributed by atoms with Gasteiger partial charge < -0.3 is 20.5 Å². The summed E-state index contributed by atoms with van der Waals surface area (Å²) in [4.78, 5) is 37.4. The van der Waals surface area contributed by atoms with E-state index in [1.54, 1.807) is 0 Å². The van der Waals surface area contributed by atoms with Gasteiger partial charge in [-0.15, -0.1) is 0 Å². The number of fused-ring (bicyclic) bond motifs is 3. The zero-order valence-corrected chi connectivity index (χ0v) is 20.2. The first-order valence-corrected chi connectivity index (χ1v) is 12.6. The third-order valence-electron chi connectivity index (χ3n) is 7.19. The minimum atomic E-state index is -1.03. The molecule has 2 aliphatic carbocycles. The molecule has 2 amide bonds. The van der Waals surface area contributed by atoms with Crippen molar-refractivity contribution in [1.82, 2.24) is 10.6 Å². The highest BCUT2D eigenvalue weighted by atomic mass is 16.5. The molecule has 4 rings (SSSR count). The van der Waals surface area contributed by atoms with Crippen LogP contribution in [-0.4, -0.2) is 41.8 Å². The van der Waals surface area contributed by atoms with Gasteiger partial charge in [0.1, 0.15) is 12.6 Å². The molecule has 0 unspecified atom stereocenters. The Kier molecular flexibility index (Phi) is 8.06. The van der Waals surface area contributed by atoms with Crippen LogP contribution in [0.2, 0.25) is 0 Å². The Morgan fingerprint density at radius 1 is 0.971 bits per heavy atom. The normalized spacial score (nSPS) is 20.1. The summed E-state index contributed by atoms with van der Waals surface area (Å²) in [5.41, 5.74) is 4.61. The Hall–Kier alpha value is -3.35. The van der Waals surface area contributed by atoms with Gasteiger partial charge in [0.25, 0.3) is 0 Å². The van der Waals surface area contributed by atoms with Crippen LogP contribution in [0.1, 0.15) is 68.9 Å². The van der Waals surface area contributed by atoms with E-state index < -0.39 is 24.0 Å². The van der Waals surface area contributed by atoms with E-state index in [-0.39, 0.29) is 24.5 Å². The highest BCUT2D eigenvalue weighted by Gasteiger charge is 2.34. The van der Waals surface area contributed by atoms with Crippen LogP contribution in [-0.2, 0) is 14.3 Å². The second-order valence-electron chi connectivity index (χ2n) is 9.51. The quantitative estimate of drug-likeness (QED) is 0.471. The number of hydrogen-bond acceptors (Lipinski definition) is 4. The number of hydrogen-bond donors (Lipinski definition) is 3. The van der Waals surface area contributed by atoms with Gasteiger partial charge in [-0.1, -0.05) is 81.1 Å². The standard InChI is InChI=1S/C28H34N2O5/c1-2-10-25(27(32)33)29-26(31)22-15-4-3-5-16-24(22)30-28(34)35-17-23-20-13-8-6-11-18(20)19-12-7-9-14-21(19)23/h6-9,11-14,22-25H,2-5,10,15-17H2,1H3,(H,29,31)(H,30,34)(H,32,33)/t22-,24+,25-/m0/s1. The minimum absolute atomic E-state index is 0.0354. The smallest absolute Gasteiger partial charge is 0.407 e. The fraction of sp³-hybridized carbons (Fsp3) is 0.464. The van der Waals surface area contributed by atoms with Crippen molar-refractivity contribution in [1.29, 1.82) is 0 Å². The van der Waals surface area contributed by atoms with E-state index in [9.17, 15) is 19.5 Å². The van der Waals surface area contributed by atoms with Crippen molar-refractivity contribution in [2.24, 2.45) is 5.92 Å². The number of alkyl carbamates (subject to hydrolysis) is 1. The number of carboxylic acids is 1. The van der Waals surface area contributed by atoms with Gasteiger partial charge in [0.05, 0.1) is 5.92 Å². The first-order chi connectivity index (χ1) is 17.0. The van der Waals surface area contributed by atoms with Crippen LogP contribution in [0.3, 0.4) is 0 Å². The van der Waals surface area contributed by atoms with Gasteiger partial charge >= 0.3 is 12.1 Å². The van der Waals surface area contributed by atoms with Crippen molar-refractivity contribution in [2.75, 3.05) is 6.61 Å². The summed E-state index contributed by atoms with van der Waals surface area (Å²) < 4.78 is 5.69. The van der Waals surface area contributed by atoms with E-state index >= 15 is 0 Å². The molecule has 3 atom stereocenters. The first-order valence-electron chi connectivity index (χ1n) is 12.6. The molecule has 1 saturated carbocycles. The lowest BCUT2D eigenvalue weighted by molar-refractivity contribution is -0.142. The Morgan fingerprint density at radius 2 is 1.60 bits per heavy atom. The largest absolute Gasteiger partial charge is 0.480 e. The summed E-state index contributed by atoms with van der Waals surface area (Å²) >= 11 is 0. The maximum Gasteiger partial charge on any atom is 0.407 e. The Morgan fingerprint density at radius 3 is 2.23 bits per heavy atom. The summed E-state index contributed by atoms with van der Waals surface area (Å²) in [5, 5.41) is 15.0. The molecule has 186 valence electrons. The molecule has 1 fully saturated rings. The van der Waals surface area contributed by atoms with Crippen molar-refractivity contribution >= 4 is 18.0 Å².